The average molecular weight is 480 g/mol. The molecule has 4 rings (SSSR count). The number of piperidine rings is 1. The van der Waals surface area contributed by atoms with Gasteiger partial charge in [0.25, 0.3) is 0 Å². The van der Waals surface area contributed by atoms with Crippen molar-refractivity contribution in [3.05, 3.63) is 62.9 Å². The molecule has 1 unspecified atom stereocenters. The Morgan fingerprint density at radius 2 is 1.97 bits per heavy atom. The number of hydrogen-bond donors (Lipinski definition) is 1. The Morgan fingerprint density at radius 1 is 1.19 bits per heavy atom. The van der Waals surface area contributed by atoms with Crippen LogP contribution in [0, 0.1) is 12.8 Å². The molecule has 162 valence electrons. The third kappa shape index (κ3) is 5.39. The number of hydrogen-bond acceptors (Lipinski definition) is 5. The highest BCUT2D eigenvalue weighted by Crippen LogP contribution is 2.29. The van der Waals surface area contributed by atoms with E-state index in [1.165, 1.54) is 0 Å². The van der Waals surface area contributed by atoms with Gasteiger partial charge in [0, 0.05) is 27.8 Å². The molecule has 1 N–H and O–H groups in total. The lowest BCUT2D eigenvalue weighted by Gasteiger charge is -2.31. The molecule has 1 saturated heterocycles. The molecule has 3 aromatic rings. The van der Waals surface area contributed by atoms with E-state index in [0.29, 0.717) is 45.4 Å². The number of nitrogens with zero attached hydrogens (tertiary/aromatic N) is 3. The van der Waals surface area contributed by atoms with E-state index in [4.69, 9.17) is 39.3 Å². The number of anilines is 1. The molecule has 1 aliphatic rings. The van der Waals surface area contributed by atoms with Crippen molar-refractivity contribution in [3.63, 3.8) is 0 Å². The van der Waals surface area contributed by atoms with Gasteiger partial charge in [-0.05, 0) is 62.2 Å². The van der Waals surface area contributed by atoms with E-state index in [1.807, 2.05) is 19.1 Å². The van der Waals surface area contributed by atoms with Gasteiger partial charge in [-0.15, -0.1) is 0 Å². The largest absolute Gasteiger partial charge is 0.338 e. The van der Waals surface area contributed by atoms with E-state index in [-0.39, 0.29) is 11.8 Å². The van der Waals surface area contributed by atoms with Crippen molar-refractivity contribution < 1.29 is 9.32 Å². The molecule has 2 heterocycles. The molecule has 0 spiro atoms. The summed E-state index contributed by atoms with van der Waals surface area (Å²) in [4.78, 5) is 19.4. The van der Waals surface area contributed by atoms with Crippen LogP contribution < -0.4 is 5.32 Å². The van der Waals surface area contributed by atoms with Crippen molar-refractivity contribution in [3.8, 4) is 11.4 Å². The molecule has 31 heavy (non-hydrogen) atoms. The molecule has 1 aliphatic heterocycles. The van der Waals surface area contributed by atoms with Crippen LogP contribution in [0.1, 0.15) is 24.3 Å². The highest BCUT2D eigenvalue weighted by atomic mass is 35.5. The van der Waals surface area contributed by atoms with Gasteiger partial charge in [0.1, 0.15) is 0 Å². The van der Waals surface area contributed by atoms with Gasteiger partial charge in [-0.2, -0.15) is 4.98 Å². The third-order valence-electron chi connectivity index (χ3n) is 5.33. The van der Waals surface area contributed by atoms with E-state index in [0.717, 1.165) is 30.6 Å². The molecule has 2 aromatic carbocycles. The Hall–Kier alpha value is -2.12. The second kappa shape index (κ2) is 9.57. The summed E-state index contributed by atoms with van der Waals surface area (Å²) < 4.78 is 5.42. The van der Waals surface area contributed by atoms with Crippen LogP contribution in [0.15, 0.2) is 40.9 Å². The zero-order chi connectivity index (χ0) is 22.0. The molecule has 1 fully saturated rings. The van der Waals surface area contributed by atoms with Gasteiger partial charge in [0.05, 0.1) is 17.5 Å². The van der Waals surface area contributed by atoms with E-state index in [1.54, 1.807) is 24.3 Å². The van der Waals surface area contributed by atoms with Crippen LogP contribution in [-0.4, -0.2) is 34.0 Å². The topological polar surface area (TPSA) is 71.3 Å². The smallest absolute Gasteiger partial charge is 0.241 e. The zero-order valence-corrected chi connectivity index (χ0v) is 19.1. The molecule has 0 radical (unpaired) electrons. The minimum Gasteiger partial charge on any atom is -0.338 e. The van der Waals surface area contributed by atoms with Crippen LogP contribution in [-0.2, 0) is 11.3 Å². The number of halogens is 3. The first-order valence-corrected chi connectivity index (χ1v) is 11.1. The number of carbonyl (C=O) groups excluding carboxylic acids is 1. The third-order valence-corrected chi connectivity index (χ3v) is 6.12. The Balaban J connectivity index is 1.39. The van der Waals surface area contributed by atoms with Crippen molar-refractivity contribution in [1.82, 2.24) is 15.0 Å². The van der Waals surface area contributed by atoms with Gasteiger partial charge >= 0.3 is 0 Å². The Morgan fingerprint density at radius 3 is 2.77 bits per heavy atom. The quantitative estimate of drug-likeness (QED) is 0.496. The lowest BCUT2D eigenvalue weighted by atomic mass is 9.97. The van der Waals surface area contributed by atoms with E-state index >= 15 is 0 Å². The van der Waals surface area contributed by atoms with Crippen LogP contribution >= 0.6 is 34.8 Å². The first kappa shape index (κ1) is 22.1. The molecular weight excluding hydrogens is 459 g/mol. The first-order valence-electron chi connectivity index (χ1n) is 9.96. The van der Waals surface area contributed by atoms with Crippen LogP contribution in [0.5, 0.6) is 0 Å². The summed E-state index contributed by atoms with van der Waals surface area (Å²) in [5.74, 6) is 0.765. The summed E-state index contributed by atoms with van der Waals surface area (Å²) in [6, 6.07) is 10.6. The maximum Gasteiger partial charge on any atom is 0.241 e. The Bertz CT molecular complexity index is 1100. The van der Waals surface area contributed by atoms with Gasteiger partial charge < -0.3 is 9.84 Å². The SMILES string of the molecule is Cc1ccc(Cl)cc1NC(=O)C1CCCN(Cc2nc(-c3ccc(Cl)cc3Cl)no2)C1. The Labute approximate surface area is 195 Å². The maximum absolute atomic E-state index is 12.8. The average Bonchev–Trinajstić information content (AvgIpc) is 3.19. The van der Waals surface area contributed by atoms with Crippen molar-refractivity contribution in [2.75, 3.05) is 18.4 Å². The number of amides is 1. The van der Waals surface area contributed by atoms with E-state index < -0.39 is 0 Å². The van der Waals surface area contributed by atoms with Crippen molar-refractivity contribution in [1.29, 1.82) is 0 Å². The summed E-state index contributed by atoms with van der Waals surface area (Å²) in [7, 11) is 0. The van der Waals surface area contributed by atoms with E-state index in [9.17, 15) is 4.79 Å². The van der Waals surface area contributed by atoms with Gasteiger partial charge in [0.2, 0.25) is 17.6 Å². The number of aromatic nitrogens is 2. The van der Waals surface area contributed by atoms with Crippen LogP contribution in [0.25, 0.3) is 11.4 Å². The minimum absolute atomic E-state index is 0.00534. The zero-order valence-electron chi connectivity index (χ0n) is 16.9. The predicted molar refractivity (Wildman–Crippen MR) is 123 cm³/mol. The molecule has 1 aromatic heterocycles. The van der Waals surface area contributed by atoms with Crippen molar-refractivity contribution >= 4 is 46.4 Å². The fraction of sp³-hybridized carbons (Fsp3) is 0.318. The standard InChI is InChI=1S/C22H21Cl3N4O2/c1-13-4-5-16(24)10-19(13)26-22(30)14-3-2-8-29(11-14)12-20-27-21(28-31-20)17-7-6-15(23)9-18(17)25/h4-7,9-10,14H,2-3,8,11-12H2,1H3,(H,26,30). The van der Waals surface area contributed by atoms with Gasteiger partial charge in [-0.3, -0.25) is 9.69 Å². The summed E-state index contributed by atoms with van der Waals surface area (Å²) in [6.07, 6.45) is 1.74. The van der Waals surface area contributed by atoms with Gasteiger partial charge in [-0.25, -0.2) is 0 Å². The molecule has 0 saturated carbocycles. The summed E-state index contributed by atoms with van der Waals surface area (Å²) in [5, 5.41) is 8.66. The first-order chi connectivity index (χ1) is 14.9. The van der Waals surface area contributed by atoms with E-state index in [2.05, 4.69) is 20.4 Å². The normalized spacial score (nSPS) is 17.0. The van der Waals surface area contributed by atoms with Crippen LogP contribution in [0.3, 0.4) is 0 Å². The van der Waals surface area contributed by atoms with Gasteiger partial charge in [-0.1, -0.05) is 46.0 Å². The molecule has 0 bridgehead atoms. The number of rotatable bonds is 5. The number of nitrogens with one attached hydrogen (secondary N) is 1. The molecule has 1 atom stereocenters. The lowest BCUT2D eigenvalue weighted by molar-refractivity contribution is -0.121. The molecule has 6 nitrogen and oxygen atoms in total. The summed E-state index contributed by atoms with van der Waals surface area (Å²) in [6.45, 7) is 3.89. The number of likely N-dealkylation sites (tertiary alicyclic amines) is 1. The molecule has 1 amide bonds. The number of carbonyl (C=O) groups is 1. The van der Waals surface area contributed by atoms with Crippen LogP contribution in [0.2, 0.25) is 15.1 Å². The summed E-state index contributed by atoms with van der Waals surface area (Å²) >= 11 is 18.3. The summed E-state index contributed by atoms with van der Waals surface area (Å²) in [5.41, 5.74) is 2.38. The van der Waals surface area contributed by atoms with Gasteiger partial charge in [0.15, 0.2) is 0 Å². The highest BCUT2D eigenvalue weighted by Gasteiger charge is 2.27. The second-order valence-corrected chi connectivity index (χ2v) is 8.94. The Kier molecular flexibility index (Phi) is 6.82. The molecule has 9 heteroatoms. The highest BCUT2D eigenvalue weighted by molar-refractivity contribution is 6.36. The monoisotopic (exact) mass is 478 g/mol. The number of aryl methyl sites for hydroxylation is 1. The van der Waals surface area contributed by atoms with Crippen LogP contribution in [0.4, 0.5) is 5.69 Å². The van der Waals surface area contributed by atoms with Crippen molar-refractivity contribution in [2.24, 2.45) is 5.92 Å². The number of benzene rings is 2. The maximum atomic E-state index is 12.8. The fourth-order valence-corrected chi connectivity index (χ4v) is 4.33. The van der Waals surface area contributed by atoms with Crippen molar-refractivity contribution in [2.45, 2.75) is 26.3 Å². The predicted octanol–water partition coefficient (Wildman–Crippen LogP) is 5.86. The second-order valence-electron chi connectivity index (χ2n) is 7.66. The minimum atomic E-state index is -0.125. The molecular formula is C22H21Cl3N4O2. The lowest BCUT2D eigenvalue weighted by Crippen LogP contribution is -2.40. The fourth-order valence-electron chi connectivity index (χ4n) is 3.67. The molecule has 0 aliphatic carbocycles.